The molecule has 1 aromatic carbocycles. The van der Waals surface area contributed by atoms with Crippen LogP contribution in [0.2, 0.25) is 0 Å². The van der Waals surface area contributed by atoms with Gasteiger partial charge >= 0.3 is 0 Å². The number of carbonyl (C=O) groups is 2. The smallest absolute Gasteiger partial charge is 0.295 e. The number of aliphatic hydroxyl groups is 1. The number of aromatic nitrogens is 1. The molecule has 1 amide bonds. The van der Waals surface area contributed by atoms with Gasteiger partial charge in [0.15, 0.2) is 0 Å². The summed E-state index contributed by atoms with van der Waals surface area (Å²) in [6.07, 6.45) is 4.02. The topological polar surface area (TPSA) is 84.2 Å². The van der Waals surface area contributed by atoms with Crippen LogP contribution < -0.4 is 9.64 Å². The number of aliphatic hydroxyl groups excluding tert-OH is 1. The summed E-state index contributed by atoms with van der Waals surface area (Å²) in [6.45, 7) is 3.11. The third kappa shape index (κ3) is 4.21. The molecule has 0 saturated carbocycles. The molecule has 158 valence electrons. The predicted octanol–water partition coefficient (Wildman–Crippen LogP) is 1.35. The molecule has 0 unspecified atom stereocenters. The monoisotopic (exact) mass is 410 g/mol. The van der Waals surface area contributed by atoms with Gasteiger partial charge in [-0.15, -0.1) is 0 Å². The maximum absolute atomic E-state index is 13.0. The Bertz CT molecular complexity index is 970. The van der Waals surface area contributed by atoms with Gasteiger partial charge in [-0.3, -0.25) is 14.6 Å². The molecule has 1 aliphatic rings. The normalized spacial score (nSPS) is 18.3. The molecule has 0 radical (unpaired) electrons. The van der Waals surface area contributed by atoms with Gasteiger partial charge in [-0.1, -0.05) is 6.07 Å². The minimum Gasteiger partial charge on any atom is -0.507 e. The Kier molecular flexibility index (Phi) is 6.52. The number of hydrogen-bond donors (Lipinski definition) is 2. The molecule has 1 aromatic heterocycles. The van der Waals surface area contributed by atoms with Gasteiger partial charge in [0, 0.05) is 30.9 Å². The largest absolute Gasteiger partial charge is 0.507 e. The highest BCUT2D eigenvalue weighted by molar-refractivity contribution is 6.46. The summed E-state index contributed by atoms with van der Waals surface area (Å²) >= 11 is 0. The van der Waals surface area contributed by atoms with Crippen LogP contribution in [0.1, 0.15) is 29.2 Å². The second kappa shape index (κ2) is 9.09. The van der Waals surface area contributed by atoms with E-state index in [-0.39, 0.29) is 11.3 Å². The second-order valence-electron chi connectivity index (χ2n) is 7.77. The number of aryl methyl sites for hydroxylation is 1. The molecule has 1 atom stereocenters. The lowest BCUT2D eigenvalue weighted by atomic mass is 9.94. The fourth-order valence-electron chi connectivity index (χ4n) is 3.77. The van der Waals surface area contributed by atoms with E-state index in [0.717, 1.165) is 18.5 Å². The van der Waals surface area contributed by atoms with Crippen molar-refractivity contribution in [3.05, 3.63) is 65.0 Å². The number of ketones is 1. The van der Waals surface area contributed by atoms with E-state index in [4.69, 9.17) is 4.74 Å². The van der Waals surface area contributed by atoms with Crippen LogP contribution in [0, 0.1) is 6.92 Å². The van der Waals surface area contributed by atoms with E-state index in [2.05, 4.69) is 4.98 Å². The fourth-order valence-corrected chi connectivity index (χ4v) is 3.77. The number of Topliss-reactive ketones (excluding diaryl/α,β-unsaturated/α-hetero) is 1. The van der Waals surface area contributed by atoms with Crippen molar-refractivity contribution in [3.63, 3.8) is 0 Å². The Hall–Kier alpha value is -3.19. The van der Waals surface area contributed by atoms with Crippen LogP contribution in [0.15, 0.2) is 48.3 Å². The first-order valence-electron chi connectivity index (χ1n) is 9.97. The van der Waals surface area contributed by atoms with E-state index in [1.54, 1.807) is 48.7 Å². The van der Waals surface area contributed by atoms with Gasteiger partial charge in [-0.25, -0.2) is 0 Å². The van der Waals surface area contributed by atoms with Crippen molar-refractivity contribution in [2.24, 2.45) is 0 Å². The number of quaternary nitrogens is 1. The number of likely N-dealkylation sites (tertiary alicyclic amines) is 1. The van der Waals surface area contributed by atoms with Crippen molar-refractivity contribution >= 4 is 17.4 Å². The lowest BCUT2D eigenvalue weighted by Gasteiger charge is -2.25. The van der Waals surface area contributed by atoms with E-state index >= 15 is 0 Å². The number of pyridine rings is 1. The quantitative estimate of drug-likeness (QED) is 0.409. The minimum absolute atomic E-state index is 0.0958. The van der Waals surface area contributed by atoms with Crippen LogP contribution in [-0.2, 0) is 9.59 Å². The van der Waals surface area contributed by atoms with Gasteiger partial charge in [0.05, 0.1) is 39.4 Å². The summed E-state index contributed by atoms with van der Waals surface area (Å²) in [7, 11) is 5.65. The standard InChI is InChI=1S/C23H27N3O4/c1-15-13-17(30-4)8-9-18(15)21(27)19-20(16-7-5-10-24-14-16)26(23(29)22(19)28)12-6-11-25(2)3/h5,7-10,13-14,20,27H,6,11-12H2,1-4H3/p+1/t20-/m0/s1. The summed E-state index contributed by atoms with van der Waals surface area (Å²) < 4.78 is 5.23. The Morgan fingerprint density at radius 1 is 1.27 bits per heavy atom. The van der Waals surface area contributed by atoms with Crippen molar-refractivity contribution in [1.82, 2.24) is 9.88 Å². The number of benzene rings is 1. The van der Waals surface area contributed by atoms with Crippen LogP contribution in [0.5, 0.6) is 5.75 Å². The van der Waals surface area contributed by atoms with Gasteiger partial charge in [0.2, 0.25) is 0 Å². The number of nitrogens with one attached hydrogen (secondary N) is 1. The Morgan fingerprint density at radius 2 is 2.03 bits per heavy atom. The average Bonchev–Trinajstić information content (AvgIpc) is 2.98. The first kappa shape index (κ1) is 21.5. The van der Waals surface area contributed by atoms with E-state index in [1.165, 1.54) is 4.90 Å². The molecule has 2 aromatic rings. The van der Waals surface area contributed by atoms with Crippen LogP contribution in [0.4, 0.5) is 0 Å². The Morgan fingerprint density at radius 3 is 2.63 bits per heavy atom. The number of hydrogen-bond acceptors (Lipinski definition) is 5. The first-order valence-corrected chi connectivity index (χ1v) is 9.97. The summed E-state index contributed by atoms with van der Waals surface area (Å²) in [5.74, 6) is -0.790. The number of rotatable bonds is 7. The highest BCUT2D eigenvalue weighted by Crippen LogP contribution is 2.39. The lowest BCUT2D eigenvalue weighted by molar-refractivity contribution is -0.858. The minimum atomic E-state index is -0.672. The number of carbonyl (C=O) groups excluding carboxylic acids is 2. The van der Waals surface area contributed by atoms with Gasteiger partial charge in [0.1, 0.15) is 11.5 Å². The maximum Gasteiger partial charge on any atom is 0.295 e. The molecule has 0 spiro atoms. The third-order valence-corrected chi connectivity index (χ3v) is 5.30. The van der Waals surface area contributed by atoms with Crippen LogP contribution >= 0.6 is 0 Å². The van der Waals surface area contributed by atoms with Crippen molar-refractivity contribution in [2.75, 3.05) is 34.3 Å². The molecule has 2 N–H and O–H groups in total. The van der Waals surface area contributed by atoms with Gasteiger partial charge in [0.25, 0.3) is 11.7 Å². The first-order chi connectivity index (χ1) is 14.3. The molecule has 7 nitrogen and oxygen atoms in total. The maximum atomic E-state index is 13.0. The fraction of sp³-hybridized carbons (Fsp3) is 0.348. The highest BCUT2D eigenvalue weighted by Gasteiger charge is 2.46. The zero-order valence-corrected chi connectivity index (χ0v) is 17.8. The highest BCUT2D eigenvalue weighted by atomic mass is 16.5. The van der Waals surface area contributed by atoms with E-state index in [1.807, 2.05) is 27.1 Å². The summed E-state index contributed by atoms with van der Waals surface area (Å²) in [6, 6.07) is 8.12. The van der Waals surface area contributed by atoms with Gasteiger partial charge < -0.3 is 19.6 Å². The second-order valence-corrected chi connectivity index (χ2v) is 7.77. The van der Waals surface area contributed by atoms with Crippen LogP contribution in [0.25, 0.3) is 5.76 Å². The summed E-state index contributed by atoms with van der Waals surface area (Å²) in [4.78, 5) is 32.8. The number of amides is 1. The predicted molar refractivity (Wildman–Crippen MR) is 113 cm³/mol. The molecule has 1 saturated heterocycles. The molecule has 30 heavy (non-hydrogen) atoms. The molecule has 2 heterocycles. The molecule has 3 rings (SSSR count). The van der Waals surface area contributed by atoms with Crippen molar-refractivity contribution in [3.8, 4) is 5.75 Å². The molecule has 0 bridgehead atoms. The van der Waals surface area contributed by atoms with Crippen LogP contribution in [0.3, 0.4) is 0 Å². The molecular weight excluding hydrogens is 382 g/mol. The van der Waals surface area contributed by atoms with Crippen molar-refractivity contribution in [1.29, 1.82) is 0 Å². The number of methoxy groups -OCH3 is 1. The molecule has 7 heteroatoms. The van der Waals surface area contributed by atoms with Crippen LogP contribution in [-0.4, -0.2) is 61.0 Å². The molecule has 0 aliphatic carbocycles. The average molecular weight is 410 g/mol. The van der Waals surface area contributed by atoms with E-state index < -0.39 is 17.7 Å². The van der Waals surface area contributed by atoms with Gasteiger partial charge in [-0.05, 0) is 42.3 Å². The summed E-state index contributed by atoms with van der Waals surface area (Å²) in [5.41, 5.74) is 2.04. The van der Waals surface area contributed by atoms with Crippen molar-refractivity contribution < 1.29 is 24.3 Å². The van der Waals surface area contributed by atoms with Crippen molar-refractivity contribution in [2.45, 2.75) is 19.4 Å². The van der Waals surface area contributed by atoms with E-state index in [9.17, 15) is 14.7 Å². The molecule has 1 aliphatic heterocycles. The third-order valence-electron chi connectivity index (χ3n) is 5.30. The molecular formula is C23H28N3O4+. The van der Waals surface area contributed by atoms with Gasteiger partial charge in [-0.2, -0.15) is 0 Å². The Balaban J connectivity index is 2.09. The Labute approximate surface area is 176 Å². The number of ether oxygens (including phenoxy) is 1. The lowest BCUT2D eigenvalue weighted by Crippen LogP contribution is -3.05. The van der Waals surface area contributed by atoms with E-state index in [0.29, 0.717) is 23.4 Å². The SMILES string of the molecule is COc1ccc(C(O)=C2C(=O)C(=O)N(CCC[NH+](C)C)[C@H]2c2cccnc2)c(C)c1. The number of nitrogens with zero attached hydrogens (tertiary/aromatic N) is 2. The molecule has 1 fully saturated rings. The zero-order chi connectivity index (χ0) is 21.8. The summed E-state index contributed by atoms with van der Waals surface area (Å²) in [5, 5.41) is 11.1. The zero-order valence-electron chi connectivity index (χ0n) is 17.8.